The third-order valence-electron chi connectivity index (χ3n) is 4.06. The van der Waals surface area contributed by atoms with Crippen LogP contribution in [0.15, 0.2) is 62.4 Å². The van der Waals surface area contributed by atoms with E-state index in [1.54, 1.807) is 6.21 Å². The summed E-state index contributed by atoms with van der Waals surface area (Å²) in [5, 5.41) is 2.40. The minimum atomic E-state index is 0.730. The number of aliphatic imine (C=N–C) groups is 1. The molecule has 4 rings (SSSR count). The highest BCUT2D eigenvalue weighted by atomic mass is 79.9. The Labute approximate surface area is 148 Å². The second kappa shape index (κ2) is 6.79. The summed E-state index contributed by atoms with van der Waals surface area (Å²) in [6.07, 6.45) is 1.76. The minimum Gasteiger partial charge on any atom is -0.438 e. The molecule has 0 radical (unpaired) electrons. The van der Waals surface area contributed by atoms with Gasteiger partial charge in [0.25, 0.3) is 0 Å². The molecular weight excluding hydrogens is 368 g/mol. The zero-order valence-corrected chi connectivity index (χ0v) is 14.7. The molecule has 0 aliphatic carbocycles. The number of hydrogen-bond donors (Lipinski definition) is 0. The van der Waals surface area contributed by atoms with Gasteiger partial charge < -0.3 is 14.1 Å². The van der Waals surface area contributed by atoms with Crippen molar-refractivity contribution < 1.29 is 9.15 Å². The Bertz CT molecular complexity index is 882. The van der Waals surface area contributed by atoms with Gasteiger partial charge in [-0.15, -0.1) is 0 Å². The Morgan fingerprint density at radius 2 is 1.79 bits per heavy atom. The van der Waals surface area contributed by atoms with Gasteiger partial charge in [-0.25, -0.2) is 0 Å². The van der Waals surface area contributed by atoms with Crippen LogP contribution in [0.1, 0.15) is 5.76 Å². The lowest BCUT2D eigenvalue weighted by Crippen LogP contribution is -2.36. The van der Waals surface area contributed by atoms with Gasteiger partial charge in [-0.1, -0.05) is 30.3 Å². The molecule has 24 heavy (non-hydrogen) atoms. The molecule has 1 aromatic heterocycles. The van der Waals surface area contributed by atoms with E-state index in [4.69, 9.17) is 9.15 Å². The van der Waals surface area contributed by atoms with E-state index in [-0.39, 0.29) is 0 Å². The monoisotopic (exact) mass is 384 g/mol. The highest BCUT2D eigenvalue weighted by molar-refractivity contribution is 9.10. The highest BCUT2D eigenvalue weighted by Crippen LogP contribution is 2.30. The molecule has 1 aliphatic rings. The molecule has 1 fully saturated rings. The van der Waals surface area contributed by atoms with Gasteiger partial charge in [0.05, 0.1) is 29.6 Å². The molecule has 0 spiro atoms. The van der Waals surface area contributed by atoms with Crippen LogP contribution >= 0.6 is 15.9 Å². The van der Waals surface area contributed by atoms with Crippen molar-refractivity contribution in [2.45, 2.75) is 0 Å². The van der Waals surface area contributed by atoms with E-state index < -0.39 is 0 Å². The molecule has 0 bridgehead atoms. The first-order valence-electron chi connectivity index (χ1n) is 7.94. The van der Waals surface area contributed by atoms with Crippen molar-refractivity contribution in [2.24, 2.45) is 4.99 Å². The maximum atomic E-state index is 5.94. The normalized spacial score (nSPS) is 15.5. The first kappa shape index (κ1) is 15.4. The maximum Gasteiger partial charge on any atom is 0.210 e. The number of furan rings is 1. The number of morpholine rings is 1. The molecule has 4 nitrogen and oxygen atoms in total. The predicted octanol–water partition coefficient (Wildman–Crippen LogP) is 4.78. The number of ether oxygens (including phenoxy) is 1. The van der Waals surface area contributed by atoms with E-state index >= 15 is 0 Å². The predicted molar refractivity (Wildman–Crippen MR) is 101 cm³/mol. The second-order valence-electron chi connectivity index (χ2n) is 5.69. The van der Waals surface area contributed by atoms with E-state index in [1.807, 2.05) is 24.3 Å². The summed E-state index contributed by atoms with van der Waals surface area (Å²) in [5.41, 5.74) is 0.911. The fourth-order valence-electron chi connectivity index (χ4n) is 2.82. The van der Waals surface area contributed by atoms with Crippen LogP contribution in [0.25, 0.3) is 10.8 Å². The molecule has 2 heterocycles. The second-order valence-corrected chi connectivity index (χ2v) is 6.55. The van der Waals surface area contributed by atoms with Gasteiger partial charge in [-0.3, -0.25) is 4.99 Å². The van der Waals surface area contributed by atoms with E-state index in [1.165, 1.54) is 10.8 Å². The summed E-state index contributed by atoms with van der Waals surface area (Å²) in [7, 11) is 0. The molecule has 5 heteroatoms. The van der Waals surface area contributed by atoms with Gasteiger partial charge in [-0.05, 0) is 38.8 Å². The number of anilines is 1. The lowest BCUT2D eigenvalue weighted by Gasteiger charge is -2.26. The van der Waals surface area contributed by atoms with Crippen molar-refractivity contribution >= 4 is 44.5 Å². The topological polar surface area (TPSA) is 38.0 Å². The van der Waals surface area contributed by atoms with Crippen molar-refractivity contribution in [3.05, 3.63) is 58.8 Å². The van der Waals surface area contributed by atoms with Crippen LogP contribution in [0.4, 0.5) is 11.6 Å². The molecule has 0 N–H and O–H groups in total. The van der Waals surface area contributed by atoms with Crippen molar-refractivity contribution in [1.82, 2.24) is 0 Å². The zero-order valence-electron chi connectivity index (χ0n) is 13.1. The maximum absolute atomic E-state index is 5.94. The van der Waals surface area contributed by atoms with E-state index in [0.717, 1.165) is 48.1 Å². The molecule has 2 aromatic carbocycles. The quantitative estimate of drug-likeness (QED) is 0.609. The molecule has 3 aromatic rings. The Kier molecular flexibility index (Phi) is 4.36. The summed E-state index contributed by atoms with van der Waals surface area (Å²) in [6.45, 7) is 3.14. The third kappa shape index (κ3) is 3.23. The van der Waals surface area contributed by atoms with E-state index in [2.05, 4.69) is 50.1 Å². The number of halogens is 1. The van der Waals surface area contributed by atoms with Gasteiger partial charge in [0.2, 0.25) is 5.88 Å². The summed E-state index contributed by atoms with van der Waals surface area (Å²) in [4.78, 5) is 6.72. The van der Waals surface area contributed by atoms with Crippen LogP contribution in [-0.2, 0) is 4.74 Å². The highest BCUT2D eigenvalue weighted by Gasteiger charge is 2.18. The Hall–Kier alpha value is -2.11. The largest absolute Gasteiger partial charge is 0.438 e. The van der Waals surface area contributed by atoms with Crippen molar-refractivity contribution in [3.8, 4) is 0 Å². The summed E-state index contributed by atoms with van der Waals surface area (Å²) in [5.74, 6) is 1.58. The molecule has 0 atom stereocenters. The first-order chi connectivity index (χ1) is 11.8. The minimum absolute atomic E-state index is 0.730. The first-order valence-corrected chi connectivity index (χ1v) is 8.74. The number of nitrogens with zero attached hydrogens (tertiary/aromatic N) is 2. The molecule has 122 valence electrons. The van der Waals surface area contributed by atoms with Gasteiger partial charge in [0.15, 0.2) is 0 Å². The third-order valence-corrected chi connectivity index (χ3v) is 4.63. The lowest BCUT2D eigenvalue weighted by molar-refractivity contribution is 0.120. The standard InChI is InChI=1S/C19H17BrN2O2/c20-18-12-17(24-19(18)22-7-9-23-10-8-22)13-21-16-6-5-14-3-1-2-4-15(14)11-16/h1-6,11-13H,7-10H2. The lowest BCUT2D eigenvalue weighted by atomic mass is 10.1. The van der Waals surface area contributed by atoms with Crippen LogP contribution in [0.2, 0.25) is 0 Å². The average molecular weight is 385 g/mol. The average Bonchev–Trinajstić information content (AvgIpc) is 3.01. The number of benzene rings is 2. The Morgan fingerprint density at radius 3 is 2.62 bits per heavy atom. The molecule has 0 amide bonds. The van der Waals surface area contributed by atoms with Crippen LogP contribution in [-0.4, -0.2) is 32.5 Å². The van der Waals surface area contributed by atoms with Crippen LogP contribution in [0, 0.1) is 0 Å². The summed E-state index contributed by atoms with van der Waals surface area (Å²) in [6, 6.07) is 16.4. The van der Waals surface area contributed by atoms with Gasteiger partial charge in [0, 0.05) is 19.2 Å². The number of hydrogen-bond acceptors (Lipinski definition) is 4. The number of rotatable bonds is 3. The molecule has 0 saturated carbocycles. The van der Waals surface area contributed by atoms with Gasteiger partial charge >= 0.3 is 0 Å². The van der Waals surface area contributed by atoms with Crippen molar-refractivity contribution in [3.63, 3.8) is 0 Å². The van der Waals surface area contributed by atoms with Gasteiger partial charge in [0.1, 0.15) is 5.76 Å². The summed E-state index contributed by atoms with van der Waals surface area (Å²) < 4.78 is 12.3. The summed E-state index contributed by atoms with van der Waals surface area (Å²) >= 11 is 3.57. The fourth-order valence-corrected chi connectivity index (χ4v) is 3.37. The van der Waals surface area contributed by atoms with Crippen LogP contribution in [0.5, 0.6) is 0 Å². The van der Waals surface area contributed by atoms with Crippen LogP contribution in [0.3, 0.4) is 0 Å². The smallest absolute Gasteiger partial charge is 0.210 e. The Morgan fingerprint density at radius 1 is 1.00 bits per heavy atom. The van der Waals surface area contributed by atoms with Crippen molar-refractivity contribution in [1.29, 1.82) is 0 Å². The van der Waals surface area contributed by atoms with Crippen molar-refractivity contribution in [2.75, 3.05) is 31.2 Å². The van der Waals surface area contributed by atoms with Crippen LogP contribution < -0.4 is 4.90 Å². The molecule has 1 aliphatic heterocycles. The van der Waals surface area contributed by atoms with Gasteiger partial charge in [-0.2, -0.15) is 0 Å². The number of fused-ring (bicyclic) bond motifs is 1. The Balaban J connectivity index is 1.56. The zero-order chi connectivity index (χ0) is 16.4. The molecule has 1 saturated heterocycles. The SMILES string of the molecule is Brc1cc(C=Nc2ccc3ccccc3c2)oc1N1CCOCC1. The fraction of sp³-hybridized carbons (Fsp3) is 0.211. The molecule has 0 unspecified atom stereocenters. The molecular formula is C19H17BrN2O2. The van der Waals surface area contributed by atoms with E-state index in [0.29, 0.717) is 0 Å². The van der Waals surface area contributed by atoms with E-state index in [9.17, 15) is 0 Å².